The van der Waals surface area contributed by atoms with Gasteiger partial charge < -0.3 is 14.7 Å². The molecule has 0 saturated carbocycles. The molecular weight excluding hydrogens is 226 g/mol. The molecule has 0 heterocycles. The largest absolute Gasteiger partial charge is 0.496 e. The molecular formula is C15H25NO2. The Balaban J connectivity index is 3.41. The fraction of sp³-hybridized carbons (Fsp3) is 0.600. The van der Waals surface area contributed by atoms with Crippen molar-refractivity contribution in [3.05, 3.63) is 28.3 Å². The molecule has 0 amide bonds. The average molecular weight is 251 g/mol. The maximum Gasteiger partial charge on any atom is 0.127 e. The van der Waals surface area contributed by atoms with Crippen molar-refractivity contribution in [2.45, 2.75) is 33.2 Å². The molecule has 0 aliphatic rings. The zero-order chi connectivity index (χ0) is 13.9. The summed E-state index contributed by atoms with van der Waals surface area (Å²) in [5, 5.41) is 9.26. The van der Waals surface area contributed by atoms with E-state index in [-0.39, 0.29) is 12.6 Å². The molecule has 3 nitrogen and oxygen atoms in total. The Hall–Kier alpha value is -1.06. The number of hydrogen-bond acceptors (Lipinski definition) is 3. The second-order valence-corrected chi connectivity index (χ2v) is 5.07. The van der Waals surface area contributed by atoms with E-state index in [1.165, 1.54) is 22.3 Å². The third kappa shape index (κ3) is 2.85. The van der Waals surface area contributed by atoms with E-state index in [9.17, 15) is 5.11 Å². The molecule has 0 bridgehead atoms. The fourth-order valence-electron chi connectivity index (χ4n) is 2.53. The van der Waals surface area contributed by atoms with Crippen LogP contribution in [0.15, 0.2) is 6.07 Å². The molecule has 1 rings (SSSR count). The van der Waals surface area contributed by atoms with Crippen LogP contribution >= 0.6 is 0 Å². The van der Waals surface area contributed by atoms with Gasteiger partial charge in [0.25, 0.3) is 0 Å². The lowest BCUT2D eigenvalue weighted by Crippen LogP contribution is -2.23. The van der Waals surface area contributed by atoms with E-state index < -0.39 is 0 Å². The van der Waals surface area contributed by atoms with Gasteiger partial charge in [-0.15, -0.1) is 0 Å². The molecule has 1 unspecified atom stereocenters. The van der Waals surface area contributed by atoms with Gasteiger partial charge in [0.05, 0.1) is 7.11 Å². The van der Waals surface area contributed by atoms with Gasteiger partial charge in [0, 0.05) is 18.2 Å². The lowest BCUT2D eigenvalue weighted by molar-refractivity contribution is 0.207. The van der Waals surface area contributed by atoms with E-state index in [1.807, 2.05) is 14.1 Å². The van der Waals surface area contributed by atoms with Crippen molar-refractivity contribution in [3.63, 3.8) is 0 Å². The van der Waals surface area contributed by atoms with Crippen LogP contribution in [0.4, 0.5) is 0 Å². The Morgan fingerprint density at radius 3 is 2.28 bits per heavy atom. The summed E-state index contributed by atoms with van der Waals surface area (Å²) in [7, 11) is 5.79. The van der Waals surface area contributed by atoms with Crippen molar-refractivity contribution >= 4 is 0 Å². The summed E-state index contributed by atoms with van der Waals surface area (Å²) in [6.07, 6.45) is 0.715. The second kappa shape index (κ2) is 6.21. The second-order valence-electron chi connectivity index (χ2n) is 5.07. The Morgan fingerprint density at radius 1 is 1.22 bits per heavy atom. The van der Waals surface area contributed by atoms with Crippen LogP contribution in [0, 0.1) is 20.8 Å². The minimum Gasteiger partial charge on any atom is -0.496 e. The van der Waals surface area contributed by atoms with Crippen molar-refractivity contribution in [1.29, 1.82) is 0 Å². The predicted molar refractivity (Wildman–Crippen MR) is 75.3 cm³/mol. The number of methoxy groups -OCH3 is 1. The summed E-state index contributed by atoms with van der Waals surface area (Å²) in [4.78, 5) is 2.13. The van der Waals surface area contributed by atoms with E-state index in [2.05, 4.69) is 31.7 Å². The third-order valence-corrected chi connectivity index (χ3v) is 3.60. The predicted octanol–water partition coefficient (Wildman–Crippen LogP) is 2.61. The van der Waals surface area contributed by atoms with Crippen LogP contribution in [0.5, 0.6) is 5.75 Å². The molecule has 3 heteroatoms. The normalized spacial score (nSPS) is 12.9. The number of nitrogens with zero attached hydrogens (tertiary/aromatic N) is 1. The summed E-state index contributed by atoms with van der Waals surface area (Å²) >= 11 is 0. The topological polar surface area (TPSA) is 32.7 Å². The van der Waals surface area contributed by atoms with Crippen LogP contribution in [0.1, 0.15) is 34.7 Å². The Labute approximate surface area is 110 Å². The van der Waals surface area contributed by atoms with Crippen LogP contribution in [0.2, 0.25) is 0 Å². The molecule has 0 spiro atoms. The van der Waals surface area contributed by atoms with Gasteiger partial charge in [-0.25, -0.2) is 0 Å². The highest BCUT2D eigenvalue weighted by Gasteiger charge is 2.22. The maximum absolute atomic E-state index is 9.26. The summed E-state index contributed by atoms with van der Waals surface area (Å²) in [6, 6.07) is 2.38. The van der Waals surface area contributed by atoms with Gasteiger partial charge in [0.15, 0.2) is 0 Å². The van der Waals surface area contributed by atoms with Gasteiger partial charge in [-0.2, -0.15) is 0 Å². The van der Waals surface area contributed by atoms with Crippen LogP contribution < -0.4 is 4.74 Å². The quantitative estimate of drug-likeness (QED) is 0.873. The molecule has 1 aromatic carbocycles. The molecule has 1 N–H and O–H groups in total. The van der Waals surface area contributed by atoms with E-state index in [0.717, 1.165) is 5.75 Å². The molecule has 0 saturated heterocycles. The van der Waals surface area contributed by atoms with Crippen LogP contribution in [-0.4, -0.2) is 37.8 Å². The van der Waals surface area contributed by atoms with E-state index in [0.29, 0.717) is 6.42 Å². The number of aliphatic hydroxyl groups excluding tert-OH is 1. The van der Waals surface area contributed by atoms with Gasteiger partial charge in [-0.05, 0) is 58.0 Å². The highest BCUT2D eigenvalue weighted by atomic mass is 16.5. The standard InChI is InChI=1S/C15H25NO2/c1-10-9-11(2)14(15(18-6)12(10)3)13(7-8-17)16(4)5/h9,13,17H,7-8H2,1-6H3. The van der Waals surface area contributed by atoms with Gasteiger partial charge >= 0.3 is 0 Å². The SMILES string of the molecule is COc1c(C)c(C)cc(C)c1C(CCO)N(C)C. The van der Waals surface area contributed by atoms with Crippen LogP contribution in [0.25, 0.3) is 0 Å². The summed E-state index contributed by atoms with van der Waals surface area (Å²) in [6.45, 7) is 6.48. The van der Waals surface area contributed by atoms with Crippen molar-refractivity contribution < 1.29 is 9.84 Å². The molecule has 1 aromatic rings. The molecule has 1 atom stereocenters. The van der Waals surface area contributed by atoms with Gasteiger partial charge in [-0.3, -0.25) is 0 Å². The number of hydrogen-bond donors (Lipinski definition) is 1. The van der Waals surface area contributed by atoms with Gasteiger partial charge in [0.2, 0.25) is 0 Å². The molecule has 102 valence electrons. The smallest absolute Gasteiger partial charge is 0.127 e. The monoisotopic (exact) mass is 251 g/mol. The van der Waals surface area contributed by atoms with Crippen molar-refractivity contribution in [2.75, 3.05) is 27.8 Å². The first-order valence-electron chi connectivity index (χ1n) is 6.36. The zero-order valence-corrected chi connectivity index (χ0v) is 12.4. The zero-order valence-electron chi connectivity index (χ0n) is 12.4. The molecule has 0 fully saturated rings. The first-order chi connectivity index (χ1) is 8.43. The van der Waals surface area contributed by atoms with Crippen LogP contribution in [0.3, 0.4) is 0 Å². The van der Waals surface area contributed by atoms with E-state index in [1.54, 1.807) is 7.11 Å². The van der Waals surface area contributed by atoms with E-state index >= 15 is 0 Å². The Kier molecular flexibility index (Phi) is 5.17. The summed E-state index contributed by atoms with van der Waals surface area (Å²) < 4.78 is 5.61. The molecule has 0 aliphatic carbocycles. The highest BCUT2D eigenvalue weighted by Crippen LogP contribution is 2.37. The van der Waals surface area contributed by atoms with Gasteiger partial charge in [0.1, 0.15) is 5.75 Å². The summed E-state index contributed by atoms with van der Waals surface area (Å²) in [5.74, 6) is 0.958. The van der Waals surface area contributed by atoms with Crippen molar-refractivity contribution in [2.24, 2.45) is 0 Å². The molecule has 0 aromatic heterocycles. The first kappa shape index (κ1) is 15.0. The number of benzene rings is 1. The minimum atomic E-state index is 0.179. The Bertz CT molecular complexity index is 413. The van der Waals surface area contributed by atoms with Crippen LogP contribution in [-0.2, 0) is 0 Å². The molecule has 0 aliphatic heterocycles. The van der Waals surface area contributed by atoms with E-state index in [4.69, 9.17) is 4.74 Å². The number of rotatable bonds is 5. The van der Waals surface area contributed by atoms with Crippen molar-refractivity contribution in [3.8, 4) is 5.75 Å². The highest BCUT2D eigenvalue weighted by molar-refractivity contribution is 5.51. The minimum absolute atomic E-state index is 0.179. The number of aliphatic hydroxyl groups is 1. The average Bonchev–Trinajstić information content (AvgIpc) is 2.30. The third-order valence-electron chi connectivity index (χ3n) is 3.60. The maximum atomic E-state index is 9.26. The Morgan fingerprint density at radius 2 is 1.83 bits per heavy atom. The lowest BCUT2D eigenvalue weighted by atomic mass is 9.92. The lowest BCUT2D eigenvalue weighted by Gasteiger charge is -2.28. The number of ether oxygens (including phenoxy) is 1. The first-order valence-corrected chi connectivity index (χ1v) is 6.36. The number of aryl methyl sites for hydroxylation is 2. The fourth-order valence-corrected chi connectivity index (χ4v) is 2.53. The molecule has 18 heavy (non-hydrogen) atoms. The summed E-state index contributed by atoms with van der Waals surface area (Å²) in [5.41, 5.74) is 4.85. The molecule has 0 radical (unpaired) electrons. The van der Waals surface area contributed by atoms with Crippen molar-refractivity contribution in [1.82, 2.24) is 4.90 Å². The van der Waals surface area contributed by atoms with Gasteiger partial charge in [-0.1, -0.05) is 6.07 Å².